The fourth-order valence-corrected chi connectivity index (χ4v) is 3.82. The summed E-state index contributed by atoms with van der Waals surface area (Å²) in [5.74, 6) is 0.133. The molecule has 5 heteroatoms. The summed E-state index contributed by atoms with van der Waals surface area (Å²) in [4.78, 5) is 13.0. The molecule has 0 aliphatic rings. The van der Waals surface area contributed by atoms with Crippen molar-refractivity contribution in [2.75, 3.05) is 0 Å². The number of fused-ring (bicyclic) bond motifs is 1. The molecule has 96 valence electrons. The molecule has 3 aromatic rings. The van der Waals surface area contributed by atoms with E-state index >= 15 is 0 Å². The van der Waals surface area contributed by atoms with Gasteiger partial charge in [-0.3, -0.25) is 4.79 Å². The largest absolute Gasteiger partial charge is 0.340 e. The van der Waals surface area contributed by atoms with Crippen molar-refractivity contribution in [2.45, 2.75) is 6.54 Å². The minimum atomic E-state index is 0.133. The lowest BCUT2D eigenvalue weighted by molar-refractivity contribution is 0.0977. The predicted octanol–water partition coefficient (Wildman–Crippen LogP) is 5.11. The number of carbonyl (C=O) groups is 1. The number of Topliss-reactive ketones (excluding diaryl/α,β-unsaturated/α-hetero) is 1. The van der Waals surface area contributed by atoms with Gasteiger partial charge < -0.3 is 4.57 Å². The van der Waals surface area contributed by atoms with Crippen LogP contribution in [0.5, 0.6) is 0 Å². The van der Waals surface area contributed by atoms with E-state index in [1.54, 1.807) is 0 Å². The van der Waals surface area contributed by atoms with E-state index in [9.17, 15) is 4.79 Å². The number of thiophene rings is 1. The Balaban J connectivity index is 1.94. The van der Waals surface area contributed by atoms with Crippen molar-refractivity contribution in [1.29, 1.82) is 0 Å². The molecule has 2 heterocycles. The van der Waals surface area contributed by atoms with Gasteiger partial charge in [0.15, 0.2) is 5.78 Å². The van der Waals surface area contributed by atoms with E-state index in [-0.39, 0.29) is 5.78 Å². The molecule has 19 heavy (non-hydrogen) atoms. The average Bonchev–Trinajstić information content (AvgIpc) is 2.98. The SMILES string of the molecule is O=C(Cn1ccc2c(Br)cccc21)c1ccc(Br)s1. The molecule has 2 nitrogen and oxygen atoms in total. The summed E-state index contributed by atoms with van der Waals surface area (Å²) in [6.45, 7) is 0.368. The zero-order valence-electron chi connectivity index (χ0n) is 9.77. The minimum absolute atomic E-state index is 0.133. The molecule has 2 aromatic heterocycles. The highest BCUT2D eigenvalue weighted by molar-refractivity contribution is 9.11. The standard InChI is InChI=1S/C14H9Br2NOS/c15-10-2-1-3-11-9(10)6-7-17(11)8-12(18)13-4-5-14(16)19-13/h1-7H,8H2. The monoisotopic (exact) mass is 397 g/mol. The highest BCUT2D eigenvalue weighted by atomic mass is 79.9. The highest BCUT2D eigenvalue weighted by Gasteiger charge is 2.11. The zero-order chi connectivity index (χ0) is 13.4. The van der Waals surface area contributed by atoms with Gasteiger partial charge in [-0.15, -0.1) is 11.3 Å². The zero-order valence-corrected chi connectivity index (χ0v) is 13.8. The summed E-state index contributed by atoms with van der Waals surface area (Å²) in [6.07, 6.45) is 1.95. The van der Waals surface area contributed by atoms with Gasteiger partial charge in [-0.1, -0.05) is 22.0 Å². The first-order valence-electron chi connectivity index (χ1n) is 5.67. The summed E-state index contributed by atoms with van der Waals surface area (Å²) in [7, 11) is 0. The first-order chi connectivity index (χ1) is 9.15. The van der Waals surface area contributed by atoms with Crippen molar-refractivity contribution in [2.24, 2.45) is 0 Å². The van der Waals surface area contributed by atoms with Crippen LogP contribution in [0.4, 0.5) is 0 Å². The second kappa shape index (κ2) is 5.23. The Kier molecular flexibility index (Phi) is 3.60. The fraction of sp³-hybridized carbons (Fsp3) is 0.0714. The van der Waals surface area contributed by atoms with Crippen LogP contribution in [0, 0.1) is 0 Å². The Morgan fingerprint density at radius 3 is 2.74 bits per heavy atom. The molecule has 0 radical (unpaired) electrons. The third kappa shape index (κ3) is 2.55. The van der Waals surface area contributed by atoms with Crippen LogP contribution in [-0.2, 0) is 6.54 Å². The van der Waals surface area contributed by atoms with Gasteiger partial charge in [-0.2, -0.15) is 0 Å². The molecule has 0 aliphatic carbocycles. The van der Waals surface area contributed by atoms with E-state index in [1.165, 1.54) is 11.3 Å². The van der Waals surface area contributed by atoms with Gasteiger partial charge in [0.1, 0.15) is 0 Å². The van der Waals surface area contributed by atoms with Gasteiger partial charge in [-0.05, 0) is 46.3 Å². The molecule has 0 fully saturated rings. The number of carbonyl (C=O) groups excluding carboxylic acids is 1. The molecule has 0 spiro atoms. The molecule has 0 N–H and O–H groups in total. The Morgan fingerprint density at radius 2 is 2.00 bits per heavy atom. The summed E-state index contributed by atoms with van der Waals surface area (Å²) < 4.78 is 4.02. The maximum Gasteiger partial charge on any atom is 0.192 e. The van der Waals surface area contributed by atoms with Crippen molar-refractivity contribution in [3.8, 4) is 0 Å². The van der Waals surface area contributed by atoms with Crippen LogP contribution in [0.25, 0.3) is 10.9 Å². The van der Waals surface area contributed by atoms with Gasteiger partial charge in [0.2, 0.25) is 0 Å². The Labute approximate surface area is 131 Å². The van der Waals surface area contributed by atoms with E-state index in [0.717, 1.165) is 24.0 Å². The van der Waals surface area contributed by atoms with Crippen molar-refractivity contribution in [3.05, 3.63) is 55.7 Å². The third-order valence-electron chi connectivity index (χ3n) is 2.92. The lowest BCUT2D eigenvalue weighted by atomic mass is 10.2. The molecule has 0 bridgehead atoms. The molecule has 0 unspecified atom stereocenters. The summed E-state index contributed by atoms with van der Waals surface area (Å²) in [5, 5.41) is 1.13. The summed E-state index contributed by atoms with van der Waals surface area (Å²) >= 11 is 8.37. The minimum Gasteiger partial charge on any atom is -0.340 e. The van der Waals surface area contributed by atoms with Crippen molar-refractivity contribution in [3.63, 3.8) is 0 Å². The van der Waals surface area contributed by atoms with Gasteiger partial charge in [0.05, 0.1) is 15.2 Å². The number of hydrogen-bond donors (Lipinski definition) is 0. The number of ketones is 1. The van der Waals surface area contributed by atoms with Crippen LogP contribution in [0.2, 0.25) is 0 Å². The van der Waals surface area contributed by atoms with Crippen molar-refractivity contribution < 1.29 is 4.79 Å². The van der Waals surface area contributed by atoms with Crippen LogP contribution in [-0.4, -0.2) is 10.4 Å². The highest BCUT2D eigenvalue weighted by Crippen LogP contribution is 2.26. The second-order valence-corrected chi connectivity index (χ2v) is 7.46. The molecule has 0 saturated carbocycles. The van der Waals surface area contributed by atoms with Gasteiger partial charge in [0.25, 0.3) is 0 Å². The maximum atomic E-state index is 12.2. The quantitative estimate of drug-likeness (QED) is 0.561. The van der Waals surface area contributed by atoms with E-state index in [0.29, 0.717) is 6.54 Å². The first-order valence-corrected chi connectivity index (χ1v) is 8.07. The van der Waals surface area contributed by atoms with Crippen LogP contribution < -0.4 is 0 Å². The van der Waals surface area contributed by atoms with Gasteiger partial charge >= 0.3 is 0 Å². The molecule has 3 rings (SSSR count). The fourth-order valence-electron chi connectivity index (χ4n) is 2.02. The second-order valence-electron chi connectivity index (χ2n) is 4.14. The molecule has 0 aliphatic heterocycles. The van der Waals surface area contributed by atoms with Gasteiger partial charge in [0, 0.05) is 21.6 Å². The van der Waals surface area contributed by atoms with Crippen molar-refractivity contribution >= 4 is 59.9 Å². The molecule has 0 atom stereocenters. The molecule has 1 aromatic carbocycles. The summed E-state index contributed by atoms with van der Waals surface area (Å²) in [6, 6.07) is 11.8. The smallest absolute Gasteiger partial charge is 0.192 e. The van der Waals surface area contributed by atoms with Crippen molar-refractivity contribution in [1.82, 2.24) is 4.57 Å². The van der Waals surface area contributed by atoms with Crippen LogP contribution in [0.15, 0.2) is 50.9 Å². The van der Waals surface area contributed by atoms with E-state index in [2.05, 4.69) is 31.9 Å². The number of aromatic nitrogens is 1. The third-order valence-corrected chi connectivity index (χ3v) is 5.28. The number of hydrogen-bond acceptors (Lipinski definition) is 2. The number of halogens is 2. The van der Waals surface area contributed by atoms with E-state index in [1.807, 2.05) is 47.2 Å². The van der Waals surface area contributed by atoms with Crippen LogP contribution in [0.1, 0.15) is 9.67 Å². The number of nitrogens with zero attached hydrogens (tertiary/aromatic N) is 1. The lowest BCUT2D eigenvalue weighted by Crippen LogP contribution is -2.07. The van der Waals surface area contributed by atoms with Crippen LogP contribution in [0.3, 0.4) is 0 Å². The lowest BCUT2D eigenvalue weighted by Gasteiger charge is -2.04. The molecular formula is C14H9Br2NOS. The normalized spacial score (nSPS) is 11.1. The maximum absolute atomic E-state index is 12.2. The topological polar surface area (TPSA) is 22.0 Å². The molecular weight excluding hydrogens is 390 g/mol. The number of rotatable bonds is 3. The molecule has 0 saturated heterocycles. The first kappa shape index (κ1) is 13.1. The Morgan fingerprint density at radius 1 is 1.16 bits per heavy atom. The van der Waals surface area contributed by atoms with E-state index < -0.39 is 0 Å². The number of benzene rings is 1. The Hall–Kier alpha value is -0.910. The average molecular weight is 399 g/mol. The van der Waals surface area contributed by atoms with E-state index in [4.69, 9.17) is 0 Å². The van der Waals surface area contributed by atoms with Gasteiger partial charge in [-0.25, -0.2) is 0 Å². The summed E-state index contributed by atoms with van der Waals surface area (Å²) in [5.41, 5.74) is 1.07. The Bertz CT molecular complexity index is 760. The predicted molar refractivity (Wildman–Crippen MR) is 86.0 cm³/mol. The molecule has 0 amide bonds. The van der Waals surface area contributed by atoms with Crippen LogP contribution >= 0.6 is 43.2 Å².